The Morgan fingerprint density at radius 3 is 2.00 bits per heavy atom. The van der Waals surface area contributed by atoms with Crippen LogP contribution in [0, 0.1) is 0 Å². The maximum Gasteiger partial charge on any atom is 0.416 e. The monoisotopic (exact) mass is 461 g/mol. The molecule has 0 saturated carbocycles. The molecule has 0 spiro atoms. The number of amides is 2. The topological polar surface area (TPSA) is 44.8 Å². The second-order valence-corrected chi connectivity index (χ2v) is 7.41. The van der Waals surface area contributed by atoms with Crippen LogP contribution in [0.1, 0.15) is 18.1 Å². The molecule has 0 aromatic heterocycles. The molecule has 0 aliphatic carbocycles. The van der Waals surface area contributed by atoms with Crippen molar-refractivity contribution in [3.05, 3.63) is 53.6 Å². The number of nitrogens with zero attached hydrogens (tertiary/aromatic N) is 2. The van der Waals surface area contributed by atoms with E-state index in [4.69, 9.17) is 4.74 Å². The van der Waals surface area contributed by atoms with Crippen LogP contribution in [0.3, 0.4) is 0 Å². The summed E-state index contributed by atoms with van der Waals surface area (Å²) >= 11 is 0. The number of carbonyl (C=O) groups is 1. The minimum atomic E-state index is -4.99. The Balaban J connectivity index is 1.72. The van der Waals surface area contributed by atoms with Crippen molar-refractivity contribution in [1.82, 2.24) is 4.90 Å². The van der Waals surface area contributed by atoms with Crippen molar-refractivity contribution in [3.63, 3.8) is 0 Å². The third kappa shape index (κ3) is 5.38. The molecule has 1 saturated heterocycles. The fourth-order valence-corrected chi connectivity index (χ4v) is 3.53. The lowest BCUT2D eigenvalue weighted by molar-refractivity contribution is -0.143. The molecule has 11 heteroatoms. The zero-order valence-electron chi connectivity index (χ0n) is 17.2. The number of nitrogens with one attached hydrogen (secondary N) is 1. The van der Waals surface area contributed by atoms with Crippen molar-refractivity contribution in [1.29, 1.82) is 0 Å². The summed E-state index contributed by atoms with van der Waals surface area (Å²) in [6.07, 6.45) is -9.97. The van der Waals surface area contributed by atoms with E-state index in [1.54, 1.807) is 19.2 Å². The lowest BCUT2D eigenvalue weighted by atomic mass is 10.1. The van der Waals surface area contributed by atoms with Gasteiger partial charge in [-0.3, -0.25) is 0 Å². The molecule has 1 fully saturated rings. The molecule has 1 N–H and O–H groups in total. The van der Waals surface area contributed by atoms with Gasteiger partial charge in [0.05, 0.1) is 18.2 Å². The van der Waals surface area contributed by atoms with Crippen molar-refractivity contribution in [2.24, 2.45) is 0 Å². The van der Waals surface area contributed by atoms with Crippen molar-refractivity contribution in [2.75, 3.05) is 37.0 Å². The Kier molecular flexibility index (Phi) is 6.47. The van der Waals surface area contributed by atoms with Gasteiger partial charge in [-0.25, -0.2) is 4.79 Å². The SMILES string of the molecule is COc1ccc(N2CCN(C(=O)Nc3cc(C(F)(F)F)cc(C(F)(F)F)c3)CC2C)cc1. The predicted octanol–water partition coefficient (Wildman–Crippen LogP) is 5.48. The lowest BCUT2D eigenvalue weighted by Crippen LogP contribution is -2.54. The van der Waals surface area contributed by atoms with Crippen molar-refractivity contribution in [2.45, 2.75) is 25.3 Å². The molecule has 5 nitrogen and oxygen atoms in total. The Hall–Kier alpha value is -3.11. The number of benzene rings is 2. The summed E-state index contributed by atoms with van der Waals surface area (Å²) in [6.45, 7) is 2.79. The van der Waals surface area contributed by atoms with E-state index >= 15 is 0 Å². The van der Waals surface area contributed by atoms with Crippen LogP contribution in [0.4, 0.5) is 42.5 Å². The number of rotatable bonds is 3. The van der Waals surface area contributed by atoms with Gasteiger partial charge in [-0.15, -0.1) is 0 Å². The maximum atomic E-state index is 13.0. The van der Waals surface area contributed by atoms with Crippen LogP contribution in [0.15, 0.2) is 42.5 Å². The molecule has 1 unspecified atom stereocenters. The fraction of sp³-hybridized carbons (Fsp3) is 0.381. The van der Waals surface area contributed by atoms with Gasteiger partial charge in [-0.1, -0.05) is 0 Å². The van der Waals surface area contributed by atoms with Crippen molar-refractivity contribution >= 4 is 17.4 Å². The van der Waals surface area contributed by atoms with Crippen LogP contribution in [0.5, 0.6) is 5.75 Å². The Bertz CT molecular complexity index is 927. The normalized spacial score (nSPS) is 17.3. The summed E-state index contributed by atoms with van der Waals surface area (Å²) in [6, 6.07) is 7.44. The molecule has 32 heavy (non-hydrogen) atoms. The molecule has 174 valence electrons. The van der Waals surface area contributed by atoms with E-state index in [2.05, 4.69) is 10.2 Å². The third-order valence-electron chi connectivity index (χ3n) is 5.16. The maximum absolute atomic E-state index is 13.0. The molecular weight excluding hydrogens is 440 g/mol. The van der Waals surface area contributed by atoms with E-state index in [0.717, 1.165) is 5.69 Å². The quantitative estimate of drug-likeness (QED) is 0.617. The smallest absolute Gasteiger partial charge is 0.416 e. The van der Waals surface area contributed by atoms with Crippen LogP contribution < -0.4 is 15.0 Å². The minimum Gasteiger partial charge on any atom is -0.497 e. The highest BCUT2D eigenvalue weighted by molar-refractivity contribution is 5.89. The van der Waals surface area contributed by atoms with E-state index < -0.39 is 35.2 Å². The number of anilines is 2. The van der Waals surface area contributed by atoms with Crippen LogP contribution in [-0.4, -0.2) is 43.7 Å². The zero-order valence-corrected chi connectivity index (χ0v) is 17.2. The average molecular weight is 461 g/mol. The van der Waals surface area contributed by atoms with Gasteiger partial charge in [-0.2, -0.15) is 26.3 Å². The van der Waals surface area contributed by atoms with Gasteiger partial charge in [0, 0.05) is 37.1 Å². The zero-order chi connectivity index (χ0) is 23.7. The number of urea groups is 1. The molecule has 1 aliphatic heterocycles. The first-order chi connectivity index (χ1) is 14.9. The summed E-state index contributed by atoms with van der Waals surface area (Å²) in [7, 11) is 1.55. The van der Waals surface area contributed by atoms with Gasteiger partial charge in [-0.05, 0) is 49.4 Å². The van der Waals surface area contributed by atoms with E-state index in [1.165, 1.54) is 4.90 Å². The number of hydrogen-bond acceptors (Lipinski definition) is 3. The number of hydrogen-bond donors (Lipinski definition) is 1. The van der Waals surface area contributed by atoms with Gasteiger partial charge in [0.1, 0.15) is 5.75 Å². The molecular formula is C21H21F6N3O2. The fourth-order valence-electron chi connectivity index (χ4n) is 3.53. The standard InChI is InChI=1S/C21H21F6N3O2/c1-13-12-29(7-8-30(13)17-3-5-18(32-2)6-4-17)19(31)28-16-10-14(20(22,23)24)9-15(11-16)21(25,26)27/h3-6,9-11,13H,7-8,12H2,1-2H3,(H,28,31). The van der Waals surface area contributed by atoms with Gasteiger partial charge in [0.2, 0.25) is 0 Å². The third-order valence-corrected chi connectivity index (χ3v) is 5.16. The molecule has 1 heterocycles. The summed E-state index contributed by atoms with van der Waals surface area (Å²) in [5.74, 6) is 0.693. The highest BCUT2D eigenvalue weighted by Gasteiger charge is 2.37. The summed E-state index contributed by atoms with van der Waals surface area (Å²) < 4.78 is 83.3. The molecule has 2 aromatic carbocycles. The average Bonchev–Trinajstić information content (AvgIpc) is 2.72. The first kappa shape index (κ1) is 23.6. The highest BCUT2D eigenvalue weighted by atomic mass is 19.4. The Labute approximate surface area is 180 Å². The molecule has 2 aromatic rings. The molecule has 2 amide bonds. The number of methoxy groups -OCH3 is 1. The van der Waals surface area contributed by atoms with Crippen LogP contribution in [0.2, 0.25) is 0 Å². The molecule has 0 bridgehead atoms. The van der Waals surface area contributed by atoms with Crippen LogP contribution in [-0.2, 0) is 12.4 Å². The number of ether oxygens (including phenoxy) is 1. The molecule has 3 rings (SSSR count). The lowest BCUT2D eigenvalue weighted by Gasteiger charge is -2.41. The van der Waals surface area contributed by atoms with E-state index in [-0.39, 0.29) is 25.2 Å². The molecule has 1 atom stereocenters. The molecule has 0 radical (unpaired) electrons. The van der Waals surface area contributed by atoms with Crippen LogP contribution in [0.25, 0.3) is 0 Å². The minimum absolute atomic E-state index is 0.0192. The van der Waals surface area contributed by atoms with E-state index in [0.29, 0.717) is 24.4 Å². The summed E-state index contributed by atoms with van der Waals surface area (Å²) in [4.78, 5) is 16.0. The van der Waals surface area contributed by atoms with Gasteiger partial charge in [0.15, 0.2) is 0 Å². The Morgan fingerprint density at radius 2 is 1.53 bits per heavy atom. The van der Waals surface area contributed by atoms with E-state index in [1.807, 2.05) is 19.1 Å². The van der Waals surface area contributed by atoms with Crippen LogP contribution >= 0.6 is 0 Å². The van der Waals surface area contributed by atoms with Crippen molar-refractivity contribution in [3.8, 4) is 5.75 Å². The predicted molar refractivity (Wildman–Crippen MR) is 107 cm³/mol. The van der Waals surface area contributed by atoms with Gasteiger partial charge in [0.25, 0.3) is 0 Å². The number of carbonyl (C=O) groups excluding carboxylic acids is 1. The van der Waals surface area contributed by atoms with E-state index in [9.17, 15) is 31.1 Å². The Morgan fingerprint density at radius 1 is 0.969 bits per heavy atom. The first-order valence-electron chi connectivity index (χ1n) is 9.64. The first-order valence-corrected chi connectivity index (χ1v) is 9.64. The number of piperazine rings is 1. The summed E-state index contributed by atoms with van der Waals surface area (Å²) in [5.41, 5.74) is -2.63. The number of halogens is 6. The second kappa shape index (κ2) is 8.79. The largest absolute Gasteiger partial charge is 0.497 e. The van der Waals surface area contributed by atoms with Gasteiger partial charge < -0.3 is 19.9 Å². The van der Waals surface area contributed by atoms with Crippen molar-refractivity contribution < 1.29 is 35.9 Å². The second-order valence-electron chi connectivity index (χ2n) is 7.41. The summed E-state index contributed by atoms with van der Waals surface area (Å²) in [5, 5.41) is 2.18. The number of alkyl halides is 6. The van der Waals surface area contributed by atoms with Gasteiger partial charge >= 0.3 is 18.4 Å². The highest BCUT2D eigenvalue weighted by Crippen LogP contribution is 2.37. The molecule has 1 aliphatic rings.